The molecule has 1 heterocycles. The van der Waals surface area contributed by atoms with Gasteiger partial charge in [-0.1, -0.05) is 91.0 Å². The molecule has 3 aromatic carbocycles. The summed E-state index contributed by atoms with van der Waals surface area (Å²) in [5, 5.41) is 5.51. The van der Waals surface area contributed by atoms with Crippen LogP contribution in [0.1, 0.15) is 16.7 Å². The van der Waals surface area contributed by atoms with Crippen LogP contribution < -0.4 is 10.6 Å². The molecular formula is C27H25N3O4. The van der Waals surface area contributed by atoms with Crippen molar-refractivity contribution < 1.29 is 19.2 Å². The molecule has 1 aliphatic rings. The van der Waals surface area contributed by atoms with Crippen molar-refractivity contribution in [3.8, 4) is 0 Å². The number of Topliss-reactive ketones (excluding diaryl/α,β-unsaturated/α-hetero) is 1. The van der Waals surface area contributed by atoms with Crippen molar-refractivity contribution in [3.05, 3.63) is 108 Å². The van der Waals surface area contributed by atoms with Gasteiger partial charge in [-0.2, -0.15) is 0 Å². The average molecular weight is 456 g/mol. The zero-order valence-corrected chi connectivity index (χ0v) is 18.5. The monoisotopic (exact) mass is 455 g/mol. The van der Waals surface area contributed by atoms with E-state index in [0.717, 1.165) is 16.7 Å². The highest BCUT2D eigenvalue weighted by atomic mass is 16.2. The third-order valence-electron chi connectivity index (χ3n) is 5.77. The minimum absolute atomic E-state index is 0.0529. The molecule has 0 unspecified atom stereocenters. The Labute approximate surface area is 197 Å². The summed E-state index contributed by atoms with van der Waals surface area (Å²) in [5.74, 6) is -4.31. The van der Waals surface area contributed by atoms with E-state index in [9.17, 15) is 19.2 Å². The second-order valence-corrected chi connectivity index (χ2v) is 8.11. The van der Waals surface area contributed by atoms with Crippen LogP contribution in [-0.4, -0.2) is 34.4 Å². The van der Waals surface area contributed by atoms with E-state index in [1.54, 1.807) is 12.1 Å². The summed E-state index contributed by atoms with van der Waals surface area (Å²) in [5.41, 5.74) is 2.47. The molecule has 1 saturated heterocycles. The first-order chi connectivity index (χ1) is 16.5. The molecule has 0 radical (unpaired) electrons. The van der Waals surface area contributed by atoms with E-state index < -0.39 is 35.5 Å². The molecule has 2 atom stereocenters. The number of ketones is 1. The molecule has 0 saturated carbocycles. The molecule has 2 N–H and O–H groups in total. The average Bonchev–Trinajstić information content (AvgIpc) is 3.13. The molecule has 34 heavy (non-hydrogen) atoms. The van der Waals surface area contributed by atoms with Crippen molar-refractivity contribution in [2.75, 3.05) is 0 Å². The molecule has 7 heteroatoms. The fourth-order valence-corrected chi connectivity index (χ4v) is 4.01. The lowest BCUT2D eigenvalue weighted by molar-refractivity contribution is -0.142. The standard InChI is InChI=1S/C27H25N3O4/c31-24-22(25(32)28-16-19-10-4-1-5-11-19)23(26(33)29-17-20-12-6-2-7-13-20)30(27(24)34)18-21-14-8-3-9-15-21/h1-15,22-23H,16-18H2,(H,28,32)(H,29,33)/t22-,23-/m0/s1. The van der Waals surface area contributed by atoms with Gasteiger partial charge < -0.3 is 15.5 Å². The first kappa shape index (κ1) is 22.9. The summed E-state index contributed by atoms with van der Waals surface area (Å²) in [4.78, 5) is 53.4. The van der Waals surface area contributed by atoms with Crippen LogP contribution in [0.5, 0.6) is 0 Å². The topological polar surface area (TPSA) is 95.6 Å². The second-order valence-electron chi connectivity index (χ2n) is 8.11. The molecular weight excluding hydrogens is 430 g/mol. The number of carbonyl (C=O) groups is 4. The highest BCUT2D eigenvalue weighted by molar-refractivity contribution is 6.44. The van der Waals surface area contributed by atoms with E-state index >= 15 is 0 Å². The van der Waals surface area contributed by atoms with Crippen LogP contribution in [-0.2, 0) is 38.8 Å². The maximum Gasteiger partial charge on any atom is 0.291 e. The molecule has 0 spiro atoms. The van der Waals surface area contributed by atoms with Gasteiger partial charge >= 0.3 is 0 Å². The van der Waals surface area contributed by atoms with Gasteiger partial charge in [-0.15, -0.1) is 0 Å². The summed E-state index contributed by atoms with van der Waals surface area (Å²) >= 11 is 0. The van der Waals surface area contributed by atoms with Gasteiger partial charge in [-0.25, -0.2) is 0 Å². The fourth-order valence-electron chi connectivity index (χ4n) is 4.01. The molecule has 172 valence electrons. The van der Waals surface area contributed by atoms with Crippen LogP contribution in [0.15, 0.2) is 91.0 Å². The predicted molar refractivity (Wildman–Crippen MR) is 126 cm³/mol. The van der Waals surface area contributed by atoms with Gasteiger partial charge in [0.05, 0.1) is 0 Å². The maximum atomic E-state index is 13.3. The van der Waals surface area contributed by atoms with E-state index in [4.69, 9.17) is 0 Å². The SMILES string of the molecule is O=C(NCc1ccccc1)[C@@H]1C(=O)C(=O)N(Cc2ccccc2)[C@@H]1C(=O)NCc1ccccc1. The molecule has 0 bridgehead atoms. The molecule has 0 aliphatic carbocycles. The van der Waals surface area contributed by atoms with Gasteiger partial charge in [0.15, 0.2) is 0 Å². The van der Waals surface area contributed by atoms with Crippen LogP contribution >= 0.6 is 0 Å². The van der Waals surface area contributed by atoms with Crippen molar-refractivity contribution in [2.24, 2.45) is 5.92 Å². The van der Waals surface area contributed by atoms with Crippen molar-refractivity contribution in [1.29, 1.82) is 0 Å². The van der Waals surface area contributed by atoms with Crippen LogP contribution in [0.4, 0.5) is 0 Å². The van der Waals surface area contributed by atoms with Gasteiger partial charge in [0, 0.05) is 19.6 Å². The number of amides is 3. The third-order valence-corrected chi connectivity index (χ3v) is 5.77. The Hall–Kier alpha value is -4.26. The molecule has 1 aliphatic heterocycles. The summed E-state index contributed by atoms with van der Waals surface area (Å²) in [7, 11) is 0. The molecule has 3 amide bonds. The second kappa shape index (κ2) is 10.6. The first-order valence-corrected chi connectivity index (χ1v) is 11.1. The van der Waals surface area contributed by atoms with E-state index in [-0.39, 0.29) is 19.6 Å². The number of benzene rings is 3. The largest absolute Gasteiger partial charge is 0.351 e. The Balaban J connectivity index is 1.56. The Morgan fingerprint density at radius 2 is 1.09 bits per heavy atom. The number of rotatable bonds is 8. The molecule has 0 aromatic heterocycles. The zero-order chi connectivity index (χ0) is 23.9. The van der Waals surface area contributed by atoms with E-state index in [2.05, 4.69) is 10.6 Å². The van der Waals surface area contributed by atoms with Crippen molar-refractivity contribution in [1.82, 2.24) is 15.5 Å². The molecule has 7 nitrogen and oxygen atoms in total. The number of carbonyl (C=O) groups excluding carboxylic acids is 4. The minimum atomic E-state index is -1.42. The van der Waals surface area contributed by atoms with E-state index in [1.165, 1.54) is 4.90 Å². The summed E-state index contributed by atoms with van der Waals surface area (Å²) in [6, 6.07) is 26.3. The van der Waals surface area contributed by atoms with Gasteiger partial charge in [0.2, 0.25) is 17.6 Å². The van der Waals surface area contributed by atoms with E-state index in [1.807, 2.05) is 78.9 Å². The summed E-state index contributed by atoms with van der Waals surface area (Å²) in [6.07, 6.45) is 0. The zero-order valence-electron chi connectivity index (χ0n) is 18.5. The number of hydrogen-bond donors (Lipinski definition) is 2. The lowest BCUT2D eigenvalue weighted by Gasteiger charge is -2.26. The Morgan fingerprint density at radius 3 is 1.59 bits per heavy atom. The van der Waals surface area contributed by atoms with Gasteiger partial charge in [0.25, 0.3) is 5.91 Å². The fraction of sp³-hybridized carbons (Fsp3) is 0.185. The van der Waals surface area contributed by atoms with Gasteiger partial charge in [0.1, 0.15) is 12.0 Å². The van der Waals surface area contributed by atoms with Crippen molar-refractivity contribution >= 4 is 23.5 Å². The Morgan fingerprint density at radius 1 is 0.647 bits per heavy atom. The predicted octanol–water partition coefficient (Wildman–Crippen LogP) is 2.22. The number of nitrogens with one attached hydrogen (secondary N) is 2. The van der Waals surface area contributed by atoms with Crippen LogP contribution in [0.3, 0.4) is 0 Å². The van der Waals surface area contributed by atoms with Gasteiger partial charge in [-0.3, -0.25) is 19.2 Å². The van der Waals surface area contributed by atoms with Crippen LogP contribution in [0, 0.1) is 5.92 Å². The number of hydrogen-bond acceptors (Lipinski definition) is 4. The summed E-state index contributed by atoms with van der Waals surface area (Å²) < 4.78 is 0. The maximum absolute atomic E-state index is 13.3. The van der Waals surface area contributed by atoms with Crippen molar-refractivity contribution in [2.45, 2.75) is 25.7 Å². The van der Waals surface area contributed by atoms with Gasteiger partial charge in [-0.05, 0) is 16.7 Å². The molecule has 4 rings (SSSR count). The molecule has 3 aromatic rings. The first-order valence-electron chi connectivity index (χ1n) is 11.1. The lowest BCUT2D eigenvalue weighted by Crippen LogP contribution is -2.50. The highest BCUT2D eigenvalue weighted by Gasteiger charge is 2.54. The Kier molecular flexibility index (Phi) is 7.13. The van der Waals surface area contributed by atoms with E-state index in [0.29, 0.717) is 0 Å². The summed E-state index contributed by atoms with van der Waals surface area (Å²) in [6.45, 7) is 0.460. The molecule has 1 fully saturated rings. The number of likely N-dealkylation sites (tertiary alicyclic amines) is 1. The quantitative estimate of drug-likeness (QED) is 0.402. The van der Waals surface area contributed by atoms with Crippen LogP contribution in [0.2, 0.25) is 0 Å². The van der Waals surface area contributed by atoms with Crippen molar-refractivity contribution in [3.63, 3.8) is 0 Å². The smallest absolute Gasteiger partial charge is 0.291 e. The Bertz CT molecular complexity index is 1170. The highest BCUT2D eigenvalue weighted by Crippen LogP contribution is 2.26. The lowest BCUT2D eigenvalue weighted by atomic mass is 9.96. The van der Waals surface area contributed by atoms with Crippen LogP contribution in [0.25, 0.3) is 0 Å². The number of nitrogens with zero attached hydrogens (tertiary/aromatic N) is 1. The third kappa shape index (κ3) is 5.20. The normalized spacial score (nSPS) is 17.5. The minimum Gasteiger partial charge on any atom is -0.351 e.